The molecule has 0 spiro atoms. The summed E-state index contributed by atoms with van der Waals surface area (Å²) in [5.41, 5.74) is 8.71. The van der Waals surface area contributed by atoms with Gasteiger partial charge in [-0.15, -0.1) is 0 Å². The van der Waals surface area contributed by atoms with Crippen LogP contribution in [0.1, 0.15) is 18.4 Å². The quantitative estimate of drug-likeness (QED) is 0.852. The predicted octanol–water partition coefficient (Wildman–Crippen LogP) is 1.23. The van der Waals surface area contributed by atoms with E-state index in [-0.39, 0.29) is 5.91 Å². The zero-order valence-electron chi connectivity index (χ0n) is 11.2. The second kappa shape index (κ2) is 5.32. The zero-order chi connectivity index (χ0) is 13.9. The molecule has 6 heteroatoms. The first kappa shape index (κ1) is 12.7. The minimum Gasteiger partial charge on any atom is -0.399 e. The van der Waals surface area contributed by atoms with Crippen LogP contribution in [0, 0.1) is 0 Å². The topological polar surface area (TPSA) is 77.0 Å². The summed E-state index contributed by atoms with van der Waals surface area (Å²) in [6.07, 6.45) is 5.48. The third kappa shape index (κ3) is 2.49. The van der Waals surface area contributed by atoms with Gasteiger partial charge < -0.3 is 10.6 Å². The number of nitrogens with zero attached hydrogens (tertiary/aromatic N) is 4. The number of aryl methyl sites for hydroxylation is 2. The highest BCUT2D eigenvalue weighted by Crippen LogP contribution is 2.29. The number of nitrogens with two attached hydrogens (primary N) is 1. The fourth-order valence-corrected chi connectivity index (χ4v) is 2.57. The summed E-state index contributed by atoms with van der Waals surface area (Å²) in [4.78, 5) is 18.1. The minimum absolute atomic E-state index is 0.117. The molecular formula is C14H17N5O. The van der Waals surface area contributed by atoms with Crippen LogP contribution in [0.25, 0.3) is 0 Å². The molecule has 2 heterocycles. The maximum absolute atomic E-state index is 12.4. The normalized spacial score (nSPS) is 14.1. The Balaban J connectivity index is 1.73. The second-order valence-electron chi connectivity index (χ2n) is 4.95. The average molecular weight is 271 g/mol. The zero-order valence-corrected chi connectivity index (χ0v) is 11.2. The molecule has 0 atom stereocenters. The lowest BCUT2D eigenvalue weighted by atomic mass is 10.0. The van der Waals surface area contributed by atoms with E-state index in [4.69, 9.17) is 5.73 Å². The molecule has 0 saturated carbocycles. The number of nitrogen functional groups attached to an aromatic ring is 1. The smallest absolute Gasteiger partial charge is 0.228 e. The van der Waals surface area contributed by atoms with Crippen LogP contribution in [-0.4, -0.2) is 27.2 Å². The lowest BCUT2D eigenvalue weighted by Crippen LogP contribution is -2.36. The lowest BCUT2D eigenvalue weighted by molar-refractivity contribution is -0.119. The summed E-state index contributed by atoms with van der Waals surface area (Å²) in [6.45, 7) is 1.33. The number of fused-ring (bicyclic) bond motifs is 1. The Morgan fingerprint density at radius 2 is 2.30 bits per heavy atom. The van der Waals surface area contributed by atoms with Gasteiger partial charge in [0.05, 0.1) is 6.54 Å². The van der Waals surface area contributed by atoms with E-state index in [1.807, 2.05) is 23.1 Å². The molecule has 1 aliphatic rings. The third-order valence-electron chi connectivity index (χ3n) is 3.54. The summed E-state index contributed by atoms with van der Waals surface area (Å²) < 4.78 is 1.67. The van der Waals surface area contributed by atoms with Gasteiger partial charge in [0.15, 0.2) is 0 Å². The van der Waals surface area contributed by atoms with E-state index in [0.717, 1.165) is 36.3 Å². The van der Waals surface area contributed by atoms with Gasteiger partial charge in [-0.25, -0.2) is 4.98 Å². The molecule has 0 unspecified atom stereocenters. The molecule has 0 fully saturated rings. The van der Waals surface area contributed by atoms with E-state index in [9.17, 15) is 4.79 Å². The van der Waals surface area contributed by atoms with Crippen LogP contribution in [0.4, 0.5) is 11.4 Å². The van der Waals surface area contributed by atoms with Crippen molar-refractivity contribution in [1.29, 1.82) is 0 Å². The van der Waals surface area contributed by atoms with E-state index in [0.29, 0.717) is 13.0 Å². The number of aromatic nitrogens is 3. The summed E-state index contributed by atoms with van der Waals surface area (Å²) in [7, 11) is 0. The number of anilines is 2. The molecule has 2 N–H and O–H groups in total. The van der Waals surface area contributed by atoms with E-state index in [1.165, 1.54) is 6.33 Å². The Hall–Kier alpha value is -2.37. The Kier molecular flexibility index (Phi) is 3.37. The molecule has 0 saturated heterocycles. The molecule has 1 amide bonds. The molecule has 0 aliphatic carbocycles. The van der Waals surface area contributed by atoms with Crippen LogP contribution in [0.3, 0.4) is 0 Å². The number of carbonyl (C=O) groups excluding carboxylic acids is 1. The van der Waals surface area contributed by atoms with Crippen LogP contribution in [-0.2, 0) is 17.8 Å². The van der Waals surface area contributed by atoms with Crippen LogP contribution >= 0.6 is 0 Å². The maximum atomic E-state index is 12.4. The fraction of sp³-hybridized carbons (Fsp3) is 0.357. The van der Waals surface area contributed by atoms with Crippen molar-refractivity contribution in [2.45, 2.75) is 25.8 Å². The summed E-state index contributed by atoms with van der Waals surface area (Å²) in [5.74, 6) is 0.117. The highest BCUT2D eigenvalue weighted by molar-refractivity contribution is 5.94. The lowest BCUT2D eigenvalue weighted by Gasteiger charge is -2.29. The monoisotopic (exact) mass is 271 g/mol. The third-order valence-corrected chi connectivity index (χ3v) is 3.54. The van der Waals surface area contributed by atoms with Crippen molar-refractivity contribution in [3.8, 4) is 0 Å². The van der Waals surface area contributed by atoms with Crippen molar-refractivity contribution in [3.05, 3.63) is 36.4 Å². The van der Waals surface area contributed by atoms with E-state index in [2.05, 4.69) is 10.1 Å². The standard InChI is InChI=1S/C14H17N5O/c15-12-3-4-13-11(8-12)2-1-6-19(13)14(20)5-7-18-10-16-9-17-18/h3-4,8-10H,1-2,5-7,15H2. The highest BCUT2D eigenvalue weighted by atomic mass is 16.2. The van der Waals surface area contributed by atoms with Crippen molar-refractivity contribution < 1.29 is 4.79 Å². The van der Waals surface area contributed by atoms with E-state index < -0.39 is 0 Å². The first-order valence-corrected chi connectivity index (χ1v) is 6.75. The molecule has 20 heavy (non-hydrogen) atoms. The molecule has 1 aliphatic heterocycles. The molecular weight excluding hydrogens is 254 g/mol. The summed E-state index contributed by atoms with van der Waals surface area (Å²) in [5, 5.41) is 4.01. The highest BCUT2D eigenvalue weighted by Gasteiger charge is 2.22. The number of carbonyl (C=O) groups is 1. The molecule has 3 rings (SSSR count). The molecule has 2 aromatic rings. The van der Waals surface area contributed by atoms with Gasteiger partial charge in [-0.1, -0.05) is 0 Å². The number of hydrogen-bond donors (Lipinski definition) is 1. The fourth-order valence-electron chi connectivity index (χ4n) is 2.57. The predicted molar refractivity (Wildman–Crippen MR) is 76.2 cm³/mol. The Morgan fingerprint density at radius 1 is 1.40 bits per heavy atom. The Bertz CT molecular complexity index is 608. The van der Waals surface area contributed by atoms with Crippen molar-refractivity contribution in [1.82, 2.24) is 14.8 Å². The van der Waals surface area contributed by atoms with Crippen molar-refractivity contribution in [3.63, 3.8) is 0 Å². The molecule has 1 aromatic carbocycles. The van der Waals surface area contributed by atoms with Gasteiger partial charge in [0, 0.05) is 24.3 Å². The number of amides is 1. The number of rotatable bonds is 3. The van der Waals surface area contributed by atoms with E-state index >= 15 is 0 Å². The summed E-state index contributed by atoms with van der Waals surface area (Å²) >= 11 is 0. The summed E-state index contributed by atoms with van der Waals surface area (Å²) in [6, 6.07) is 5.76. The first-order chi connectivity index (χ1) is 9.74. The number of hydrogen-bond acceptors (Lipinski definition) is 4. The van der Waals surface area contributed by atoms with Crippen molar-refractivity contribution in [2.75, 3.05) is 17.2 Å². The van der Waals surface area contributed by atoms with Gasteiger partial charge >= 0.3 is 0 Å². The van der Waals surface area contributed by atoms with Gasteiger partial charge in [0.1, 0.15) is 12.7 Å². The van der Waals surface area contributed by atoms with Gasteiger partial charge in [-0.2, -0.15) is 5.10 Å². The first-order valence-electron chi connectivity index (χ1n) is 6.75. The Morgan fingerprint density at radius 3 is 3.10 bits per heavy atom. The minimum atomic E-state index is 0.117. The average Bonchev–Trinajstić information content (AvgIpc) is 2.97. The SMILES string of the molecule is Nc1ccc2c(c1)CCCN2C(=O)CCn1cncn1. The number of benzene rings is 1. The van der Waals surface area contributed by atoms with Gasteiger partial charge in [-0.3, -0.25) is 9.48 Å². The molecule has 0 bridgehead atoms. The second-order valence-corrected chi connectivity index (χ2v) is 4.95. The van der Waals surface area contributed by atoms with Crippen molar-refractivity contribution in [2.24, 2.45) is 0 Å². The van der Waals surface area contributed by atoms with Gasteiger partial charge in [0.2, 0.25) is 5.91 Å². The van der Waals surface area contributed by atoms with Crippen LogP contribution in [0.5, 0.6) is 0 Å². The van der Waals surface area contributed by atoms with E-state index in [1.54, 1.807) is 11.0 Å². The largest absolute Gasteiger partial charge is 0.399 e. The molecule has 1 aromatic heterocycles. The Labute approximate surface area is 117 Å². The van der Waals surface area contributed by atoms with Crippen LogP contribution in [0.15, 0.2) is 30.9 Å². The van der Waals surface area contributed by atoms with Crippen molar-refractivity contribution >= 4 is 17.3 Å². The van der Waals surface area contributed by atoms with Crippen LogP contribution < -0.4 is 10.6 Å². The van der Waals surface area contributed by atoms with Crippen LogP contribution in [0.2, 0.25) is 0 Å². The molecule has 6 nitrogen and oxygen atoms in total. The molecule has 0 radical (unpaired) electrons. The maximum Gasteiger partial charge on any atom is 0.228 e. The van der Waals surface area contributed by atoms with Gasteiger partial charge in [0.25, 0.3) is 0 Å². The molecule has 104 valence electrons. The van der Waals surface area contributed by atoms with Gasteiger partial charge in [-0.05, 0) is 36.6 Å².